The smallest absolute Gasteiger partial charge is 0.330 e. The van der Waals surface area contributed by atoms with Gasteiger partial charge in [0, 0.05) is 12.7 Å². The molecule has 2 aromatic heterocycles. The molecular weight excluding hydrogens is 260 g/mol. The molecule has 0 bridgehead atoms. The number of H-pyrrole nitrogens is 2. The van der Waals surface area contributed by atoms with E-state index in [-0.39, 0.29) is 17.4 Å². The topological polar surface area (TPSA) is 122 Å². The number of nitrogen functional groups attached to an aromatic ring is 1. The molecule has 0 amide bonds. The Labute approximate surface area is 115 Å². The first-order valence-electron chi connectivity index (χ1n) is 6.32. The summed E-state index contributed by atoms with van der Waals surface area (Å²) in [6, 6.07) is 0. The molecule has 0 saturated heterocycles. The fourth-order valence-electron chi connectivity index (χ4n) is 1.87. The van der Waals surface area contributed by atoms with Crippen LogP contribution in [-0.4, -0.2) is 19.5 Å². The van der Waals surface area contributed by atoms with Crippen molar-refractivity contribution >= 4 is 11.5 Å². The molecular formula is C12H18N6O2. The van der Waals surface area contributed by atoms with Crippen LogP contribution in [0.3, 0.4) is 0 Å². The Morgan fingerprint density at radius 3 is 2.80 bits per heavy atom. The summed E-state index contributed by atoms with van der Waals surface area (Å²) in [7, 11) is 0. The average molecular weight is 278 g/mol. The first-order valence-corrected chi connectivity index (χ1v) is 6.32. The molecule has 0 saturated carbocycles. The molecule has 0 aromatic carbocycles. The van der Waals surface area contributed by atoms with Crippen LogP contribution < -0.4 is 22.3 Å². The molecule has 0 unspecified atom stereocenters. The second kappa shape index (κ2) is 5.64. The lowest BCUT2D eigenvalue weighted by molar-refractivity contribution is 0.508. The Kier molecular flexibility index (Phi) is 3.92. The lowest BCUT2D eigenvalue weighted by Crippen LogP contribution is -2.35. The van der Waals surface area contributed by atoms with E-state index in [9.17, 15) is 9.59 Å². The van der Waals surface area contributed by atoms with Crippen LogP contribution in [0.2, 0.25) is 0 Å². The van der Waals surface area contributed by atoms with E-state index in [2.05, 4.69) is 20.3 Å². The lowest BCUT2D eigenvalue weighted by Gasteiger charge is -2.15. The van der Waals surface area contributed by atoms with Crippen molar-refractivity contribution in [1.29, 1.82) is 0 Å². The van der Waals surface area contributed by atoms with Crippen LogP contribution in [0.4, 0.5) is 11.5 Å². The predicted octanol–water partition coefficient (Wildman–Crippen LogP) is 0.110. The molecule has 0 fully saturated rings. The first kappa shape index (κ1) is 13.9. The van der Waals surface area contributed by atoms with Crippen LogP contribution in [0, 0.1) is 5.92 Å². The highest BCUT2D eigenvalue weighted by Gasteiger charge is 2.13. The highest BCUT2D eigenvalue weighted by Crippen LogP contribution is 2.12. The van der Waals surface area contributed by atoms with Crippen LogP contribution in [0.15, 0.2) is 22.1 Å². The van der Waals surface area contributed by atoms with Gasteiger partial charge in [-0.2, -0.15) is 0 Å². The Hall–Kier alpha value is -2.51. The third kappa shape index (κ3) is 2.90. The van der Waals surface area contributed by atoms with Gasteiger partial charge < -0.3 is 16.0 Å². The summed E-state index contributed by atoms with van der Waals surface area (Å²) < 4.78 is 1.36. The van der Waals surface area contributed by atoms with Crippen LogP contribution >= 0.6 is 0 Å². The summed E-state index contributed by atoms with van der Waals surface area (Å²) in [6.07, 6.45) is 3.19. The number of hydrogen-bond acceptors (Lipinski definition) is 5. The number of nitrogens with two attached hydrogens (primary N) is 1. The maximum atomic E-state index is 11.8. The SMILES string of the molecule is CC(C)Cn1c(N)c(NCc2cnc[nH]2)c(=O)[nH]c1=O. The largest absolute Gasteiger partial charge is 0.383 e. The minimum absolute atomic E-state index is 0.145. The number of nitrogens with zero attached hydrogens (tertiary/aromatic N) is 2. The Balaban J connectivity index is 2.32. The van der Waals surface area contributed by atoms with Crippen molar-refractivity contribution in [2.75, 3.05) is 11.1 Å². The van der Waals surface area contributed by atoms with Gasteiger partial charge in [0.05, 0.1) is 18.6 Å². The summed E-state index contributed by atoms with van der Waals surface area (Å²) in [5.41, 5.74) is 5.92. The Morgan fingerprint density at radius 2 is 2.20 bits per heavy atom. The zero-order chi connectivity index (χ0) is 14.7. The maximum Gasteiger partial charge on any atom is 0.330 e. The summed E-state index contributed by atoms with van der Waals surface area (Å²) in [5, 5.41) is 2.92. The summed E-state index contributed by atoms with van der Waals surface area (Å²) in [5.74, 6) is 0.383. The zero-order valence-electron chi connectivity index (χ0n) is 11.4. The van der Waals surface area contributed by atoms with Crippen LogP contribution in [-0.2, 0) is 13.1 Å². The van der Waals surface area contributed by atoms with E-state index in [1.54, 1.807) is 12.5 Å². The van der Waals surface area contributed by atoms with Crippen molar-refractivity contribution < 1.29 is 0 Å². The van der Waals surface area contributed by atoms with Gasteiger partial charge in [-0.1, -0.05) is 13.8 Å². The molecule has 0 spiro atoms. The molecule has 20 heavy (non-hydrogen) atoms. The molecule has 0 aliphatic rings. The van der Waals surface area contributed by atoms with Gasteiger partial charge in [-0.25, -0.2) is 9.78 Å². The van der Waals surface area contributed by atoms with Crippen molar-refractivity contribution in [3.05, 3.63) is 39.1 Å². The molecule has 8 nitrogen and oxygen atoms in total. The van der Waals surface area contributed by atoms with Gasteiger partial charge in [0.15, 0.2) is 0 Å². The number of imidazole rings is 1. The van der Waals surface area contributed by atoms with Gasteiger partial charge in [0.25, 0.3) is 5.56 Å². The second-order valence-electron chi connectivity index (χ2n) is 4.95. The maximum absolute atomic E-state index is 11.8. The number of nitrogens with one attached hydrogen (secondary N) is 3. The number of aromatic amines is 2. The molecule has 5 N–H and O–H groups in total. The van der Waals surface area contributed by atoms with Gasteiger partial charge in [0.2, 0.25) is 0 Å². The lowest BCUT2D eigenvalue weighted by atomic mass is 10.2. The monoisotopic (exact) mass is 278 g/mol. The van der Waals surface area contributed by atoms with E-state index < -0.39 is 11.2 Å². The van der Waals surface area contributed by atoms with Crippen LogP contribution in [0.1, 0.15) is 19.5 Å². The predicted molar refractivity (Wildman–Crippen MR) is 76.5 cm³/mol. The minimum Gasteiger partial charge on any atom is -0.383 e. The Bertz CT molecular complexity index is 683. The van der Waals surface area contributed by atoms with Gasteiger partial charge >= 0.3 is 5.69 Å². The van der Waals surface area contributed by atoms with Crippen molar-refractivity contribution in [2.45, 2.75) is 26.9 Å². The summed E-state index contributed by atoms with van der Waals surface area (Å²) >= 11 is 0. The zero-order valence-corrected chi connectivity index (χ0v) is 11.4. The van der Waals surface area contributed by atoms with E-state index in [4.69, 9.17) is 5.73 Å². The van der Waals surface area contributed by atoms with Crippen LogP contribution in [0.5, 0.6) is 0 Å². The van der Waals surface area contributed by atoms with Gasteiger partial charge in [0.1, 0.15) is 11.5 Å². The highest BCUT2D eigenvalue weighted by atomic mass is 16.2. The second-order valence-corrected chi connectivity index (χ2v) is 4.95. The quantitative estimate of drug-likeness (QED) is 0.618. The van der Waals surface area contributed by atoms with Crippen molar-refractivity contribution in [3.63, 3.8) is 0 Å². The van der Waals surface area contributed by atoms with E-state index in [1.165, 1.54) is 4.57 Å². The van der Waals surface area contributed by atoms with Gasteiger partial charge in [-0.15, -0.1) is 0 Å². The molecule has 0 aliphatic carbocycles. The minimum atomic E-state index is -0.521. The molecule has 2 heterocycles. The number of aromatic nitrogens is 4. The Morgan fingerprint density at radius 1 is 1.45 bits per heavy atom. The molecule has 108 valence electrons. The van der Waals surface area contributed by atoms with E-state index >= 15 is 0 Å². The normalized spacial score (nSPS) is 10.9. The first-order chi connectivity index (χ1) is 9.49. The van der Waals surface area contributed by atoms with Crippen molar-refractivity contribution in [2.24, 2.45) is 5.92 Å². The molecule has 2 aromatic rings. The number of anilines is 2. The summed E-state index contributed by atoms with van der Waals surface area (Å²) in [4.78, 5) is 32.6. The van der Waals surface area contributed by atoms with Gasteiger partial charge in [-0.05, 0) is 5.92 Å². The third-order valence-corrected chi connectivity index (χ3v) is 2.80. The third-order valence-electron chi connectivity index (χ3n) is 2.80. The average Bonchev–Trinajstić information content (AvgIpc) is 2.87. The molecule has 8 heteroatoms. The standard InChI is InChI=1S/C12H18N6O2/c1-7(2)5-18-10(13)9(11(19)17-12(18)20)15-4-8-3-14-6-16-8/h3,6-7,15H,4-5,13H2,1-2H3,(H,14,16)(H,17,19,20). The van der Waals surface area contributed by atoms with Gasteiger partial charge in [-0.3, -0.25) is 14.3 Å². The fraction of sp³-hybridized carbons (Fsp3) is 0.417. The molecule has 2 rings (SSSR count). The number of rotatable bonds is 5. The molecule has 0 radical (unpaired) electrons. The van der Waals surface area contributed by atoms with Crippen molar-refractivity contribution in [3.8, 4) is 0 Å². The van der Waals surface area contributed by atoms with E-state index in [0.29, 0.717) is 13.1 Å². The number of hydrogen-bond donors (Lipinski definition) is 4. The van der Waals surface area contributed by atoms with E-state index in [0.717, 1.165) is 5.69 Å². The highest BCUT2D eigenvalue weighted by molar-refractivity contribution is 5.60. The van der Waals surface area contributed by atoms with Crippen molar-refractivity contribution in [1.82, 2.24) is 19.5 Å². The molecule has 0 aliphatic heterocycles. The summed E-state index contributed by atoms with van der Waals surface area (Å²) in [6.45, 7) is 4.75. The van der Waals surface area contributed by atoms with E-state index in [1.807, 2.05) is 13.8 Å². The molecule has 0 atom stereocenters. The fourth-order valence-corrected chi connectivity index (χ4v) is 1.87. The van der Waals surface area contributed by atoms with Crippen LogP contribution in [0.25, 0.3) is 0 Å².